The zero-order valence-corrected chi connectivity index (χ0v) is 12.3. The molecule has 0 N–H and O–H groups in total. The number of hydrogen-bond donors (Lipinski definition) is 0. The van der Waals surface area contributed by atoms with E-state index in [1.54, 1.807) is 0 Å². The Kier molecular flexibility index (Phi) is 4.48. The molecule has 0 aromatic heterocycles. The first-order chi connectivity index (χ1) is 8.64. The molecule has 0 saturated heterocycles. The van der Waals surface area contributed by atoms with Crippen LogP contribution < -0.4 is 0 Å². The maximum atomic E-state index is 2.45. The lowest BCUT2D eigenvalue weighted by Gasteiger charge is -2.40. The van der Waals surface area contributed by atoms with Crippen molar-refractivity contribution in [1.82, 2.24) is 0 Å². The molecule has 1 saturated carbocycles. The highest BCUT2D eigenvalue weighted by molar-refractivity contribution is 5.24. The largest absolute Gasteiger partial charge is 0.0654 e. The van der Waals surface area contributed by atoms with Crippen molar-refractivity contribution in [3.63, 3.8) is 0 Å². The van der Waals surface area contributed by atoms with E-state index < -0.39 is 0 Å². The molecule has 0 heterocycles. The summed E-state index contributed by atoms with van der Waals surface area (Å²) >= 11 is 0. The average molecular weight is 244 g/mol. The van der Waals surface area contributed by atoms with E-state index in [0.29, 0.717) is 5.41 Å². The van der Waals surface area contributed by atoms with Gasteiger partial charge in [-0.25, -0.2) is 0 Å². The van der Waals surface area contributed by atoms with E-state index in [9.17, 15) is 0 Å². The van der Waals surface area contributed by atoms with E-state index in [0.717, 1.165) is 11.8 Å². The summed E-state index contributed by atoms with van der Waals surface area (Å²) in [4.78, 5) is 0. The van der Waals surface area contributed by atoms with E-state index in [-0.39, 0.29) is 0 Å². The Morgan fingerprint density at radius 1 is 1.11 bits per heavy atom. The predicted molar refractivity (Wildman–Crippen MR) is 79.8 cm³/mol. The van der Waals surface area contributed by atoms with Gasteiger partial charge in [0.1, 0.15) is 0 Å². The highest BCUT2D eigenvalue weighted by atomic mass is 14.4. The number of hydrogen-bond acceptors (Lipinski definition) is 0. The molecule has 0 heteroatoms. The molecule has 1 aromatic rings. The van der Waals surface area contributed by atoms with Crippen LogP contribution in [0.15, 0.2) is 30.3 Å². The van der Waals surface area contributed by atoms with Gasteiger partial charge >= 0.3 is 0 Å². The van der Waals surface area contributed by atoms with Gasteiger partial charge in [0.05, 0.1) is 0 Å². The Hall–Kier alpha value is -0.780. The minimum atomic E-state index is 0.341. The zero-order chi connectivity index (χ0) is 13.0. The van der Waals surface area contributed by atoms with E-state index in [4.69, 9.17) is 0 Å². The van der Waals surface area contributed by atoms with Crippen molar-refractivity contribution >= 4 is 0 Å². The average Bonchev–Trinajstić information content (AvgIpc) is 2.40. The van der Waals surface area contributed by atoms with E-state index in [1.807, 2.05) is 0 Å². The van der Waals surface area contributed by atoms with Gasteiger partial charge in [0.25, 0.3) is 0 Å². The smallest absolute Gasteiger partial charge is 0.00752 e. The Labute approximate surface area is 113 Å². The van der Waals surface area contributed by atoms with Gasteiger partial charge < -0.3 is 0 Å². The standard InChI is InChI=1S/C18H28/c1-4-9-15-10-8-13-17(14-15)18(2,3)16-11-6-5-7-12-16/h5-7,11-12,15,17H,4,8-10,13-14H2,1-3H3. The molecule has 0 spiro atoms. The van der Waals surface area contributed by atoms with Crippen molar-refractivity contribution in [3.8, 4) is 0 Å². The molecule has 2 unspecified atom stereocenters. The first-order valence-electron chi connectivity index (χ1n) is 7.70. The highest BCUT2D eigenvalue weighted by Gasteiger charge is 2.34. The van der Waals surface area contributed by atoms with Gasteiger partial charge in [0.15, 0.2) is 0 Å². The maximum Gasteiger partial charge on any atom is -0.00752 e. The van der Waals surface area contributed by atoms with Gasteiger partial charge in [-0.1, -0.05) is 76.8 Å². The molecular formula is C18H28. The second-order valence-corrected chi connectivity index (χ2v) is 6.61. The molecule has 1 aliphatic carbocycles. The molecule has 100 valence electrons. The summed E-state index contributed by atoms with van der Waals surface area (Å²) in [6.07, 6.45) is 8.54. The van der Waals surface area contributed by atoms with Crippen LogP contribution >= 0.6 is 0 Å². The second kappa shape index (κ2) is 5.91. The SMILES string of the molecule is CCCC1CCCC(C(C)(C)c2ccccc2)C1. The molecule has 0 radical (unpaired) electrons. The fraction of sp³-hybridized carbons (Fsp3) is 0.667. The molecule has 0 nitrogen and oxygen atoms in total. The fourth-order valence-electron chi connectivity index (χ4n) is 3.72. The molecule has 2 atom stereocenters. The third-order valence-electron chi connectivity index (χ3n) is 5.02. The van der Waals surface area contributed by atoms with Crippen molar-refractivity contribution in [2.75, 3.05) is 0 Å². The van der Waals surface area contributed by atoms with Crippen LogP contribution in [0.25, 0.3) is 0 Å². The van der Waals surface area contributed by atoms with Crippen LogP contribution in [-0.2, 0) is 5.41 Å². The third kappa shape index (κ3) is 2.96. The summed E-state index contributed by atoms with van der Waals surface area (Å²) in [5, 5.41) is 0. The molecule has 18 heavy (non-hydrogen) atoms. The maximum absolute atomic E-state index is 2.45. The minimum absolute atomic E-state index is 0.341. The van der Waals surface area contributed by atoms with Crippen LogP contribution in [0.1, 0.15) is 64.9 Å². The minimum Gasteiger partial charge on any atom is -0.0654 e. The first-order valence-corrected chi connectivity index (χ1v) is 7.70. The summed E-state index contributed by atoms with van der Waals surface area (Å²) in [7, 11) is 0. The Morgan fingerprint density at radius 3 is 2.50 bits per heavy atom. The van der Waals surface area contributed by atoms with Crippen molar-refractivity contribution in [3.05, 3.63) is 35.9 Å². The van der Waals surface area contributed by atoms with Crippen molar-refractivity contribution < 1.29 is 0 Å². The normalized spacial score (nSPS) is 25.1. The summed E-state index contributed by atoms with van der Waals surface area (Å²) in [5.41, 5.74) is 1.86. The molecule has 2 rings (SSSR count). The predicted octanol–water partition coefficient (Wildman–Crippen LogP) is 5.57. The van der Waals surface area contributed by atoms with Crippen LogP contribution in [0.2, 0.25) is 0 Å². The second-order valence-electron chi connectivity index (χ2n) is 6.61. The zero-order valence-electron chi connectivity index (χ0n) is 12.3. The molecule has 1 fully saturated rings. The third-order valence-corrected chi connectivity index (χ3v) is 5.02. The van der Waals surface area contributed by atoms with E-state index in [1.165, 1.54) is 44.1 Å². The Bertz CT molecular complexity index is 348. The summed E-state index contributed by atoms with van der Waals surface area (Å²) in [5.74, 6) is 1.85. The van der Waals surface area contributed by atoms with E-state index >= 15 is 0 Å². The molecule has 1 aromatic carbocycles. The Balaban J connectivity index is 2.09. The van der Waals surface area contributed by atoms with Crippen molar-refractivity contribution in [2.45, 2.75) is 64.7 Å². The number of rotatable bonds is 4. The molecule has 0 aliphatic heterocycles. The quantitative estimate of drug-likeness (QED) is 0.649. The van der Waals surface area contributed by atoms with Crippen molar-refractivity contribution in [1.29, 1.82) is 0 Å². The van der Waals surface area contributed by atoms with E-state index in [2.05, 4.69) is 51.1 Å². The van der Waals surface area contributed by atoms with Gasteiger partial charge in [0, 0.05) is 0 Å². The van der Waals surface area contributed by atoms with Crippen molar-refractivity contribution in [2.24, 2.45) is 11.8 Å². The Morgan fingerprint density at radius 2 is 1.83 bits per heavy atom. The van der Waals surface area contributed by atoms with Gasteiger partial charge in [-0.2, -0.15) is 0 Å². The first kappa shape index (κ1) is 13.6. The molecule has 0 amide bonds. The van der Waals surface area contributed by atoms with Gasteiger partial charge in [-0.15, -0.1) is 0 Å². The highest BCUT2D eigenvalue weighted by Crippen LogP contribution is 2.43. The van der Waals surface area contributed by atoms with Crippen LogP contribution in [0.4, 0.5) is 0 Å². The number of benzene rings is 1. The van der Waals surface area contributed by atoms with Gasteiger partial charge in [-0.05, 0) is 35.7 Å². The van der Waals surface area contributed by atoms with Crippen LogP contribution in [-0.4, -0.2) is 0 Å². The molecule has 0 bridgehead atoms. The fourth-order valence-corrected chi connectivity index (χ4v) is 3.72. The van der Waals surface area contributed by atoms with Crippen LogP contribution in [0.3, 0.4) is 0 Å². The van der Waals surface area contributed by atoms with Crippen LogP contribution in [0, 0.1) is 11.8 Å². The summed E-state index contributed by atoms with van der Waals surface area (Å²) in [6.45, 7) is 7.22. The topological polar surface area (TPSA) is 0 Å². The lowest BCUT2D eigenvalue weighted by Crippen LogP contribution is -2.32. The monoisotopic (exact) mass is 244 g/mol. The summed E-state index contributed by atoms with van der Waals surface area (Å²) in [6, 6.07) is 11.1. The van der Waals surface area contributed by atoms with Crippen LogP contribution in [0.5, 0.6) is 0 Å². The lowest BCUT2D eigenvalue weighted by atomic mass is 9.64. The molecular weight excluding hydrogens is 216 g/mol. The van der Waals surface area contributed by atoms with Gasteiger partial charge in [0.2, 0.25) is 0 Å². The lowest BCUT2D eigenvalue weighted by molar-refractivity contribution is 0.178. The molecule has 1 aliphatic rings. The summed E-state index contributed by atoms with van der Waals surface area (Å²) < 4.78 is 0. The van der Waals surface area contributed by atoms with Gasteiger partial charge in [-0.3, -0.25) is 0 Å².